The zero-order valence-corrected chi connectivity index (χ0v) is 23.1. The summed E-state index contributed by atoms with van der Waals surface area (Å²) in [6.45, 7) is 5.56. The summed E-state index contributed by atoms with van der Waals surface area (Å²) in [5.41, 5.74) is -0.0631. The fourth-order valence-electron chi connectivity index (χ4n) is 4.95. The fraction of sp³-hybridized carbons (Fsp3) is 0.379. The molecule has 4 amide bonds. The van der Waals surface area contributed by atoms with Gasteiger partial charge in [0.1, 0.15) is 0 Å². The van der Waals surface area contributed by atoms with Crippen molar-refractivity contribution in [2.24, 2.45) is 5.92 Å². The number of alkyl halides is 3. The number of hydrogen-bond acceptors (Lipinski definition) is 5. The van der Waals surface area contributed by atoms with E-state index in [1.54, 1.807) is 34.1 Å². The molecule has 0 N–H and O–H groups in total. The number of thioether (sulfide) groups is 1. The molecule has 2 aliphatic heterocycles. The first-order chi connectivity index (χ1) is 19.0. The van der Waals surface area contributed by atoms with Crippen molar-refractivity contribution in [3.63, 3.8) is 0 Å². The minimum atomic E-state index is -4.61. The smallest absolute Gasteiger partial charge is 0.343 e. The molecular formula is C29H30F3N3O4S. The summed E-state index contributed by atoms with van der Waals surface area (Å²) < 4.78 is 40.1. The number of halogens is 3. The van der Waals surface area contributed by atoms with Gasteiger partial charge in [-0.1, -0.05) is 30.3 Å². The molecular weight excluding hydrogens is 543 g/mol. The molecule has 4 rings (SSSR count). The average Bonchev–Trinajstić information content (AvgIpc) is 3.20. The molecule has 2 aliphatic rings. The van der Waals surface area contributed by atoms with Gasteiger partial charge in [0, 0.05) is 31.7 Å². The van der Waals surface area contributed by atoms with Crippen molar-refractivity contribution >= 4 is 40.8 Å². The van der Waals surface area contributed by atoms with Gasteiger partial charge in [-0.05, 0) is 73.9 Å². The minimum Gasteiger partial charge on any atom is -0.343 e. The monoisotopic (exact) mass is 573 g/mol. The SMILES string of the molecule is CCN(CC)C(=O)[C@H]1CCCN(C(=O)c2ccc(/C=C3\SC(=O)N(Cc4ccccc4C(F)(F)F)C3=O)cc2)C1. The summed E-state index contributed by atoms with van der Waals surface area (Å²) in [6, 6.07) is 11.4. The molecule has 2 aromatic carbocycles. The second kappa shape index (κ2) is 12.3. The van der Waals surface area contributed by atoms with E-state index < -0.39 is 29.4 Å². The van der Waals surface area contributed by atoms with E-state index in [0.29, 0.717) is 49.1 Å². The highest BCUT2D eigenvalue weighted by Crippen LogP contribution is 2.36. The first-order valence-corrected chi connectivity index (χ1v) is 13.9. The standard InChI is InChI=1S/C29H30F3N3O4S/c1-3-33(4-2)26(37)22-9-7-15-34(17-22)25(36)20-13-11-19(12-14-20)16-24-27(38)35(28(39)40-24)18-21-8-5-6-10-23(21)29(30,31)32/h5-6,8,10-14,16,22H,3-4,7,9,15,17-18H2,1-2H3/b24-16-/t22-/m0/s1. The Labute approximate surface area is 235 Å². The molecule has 0 radical (unpaired) electrons. The van der Waals surface area contributed by atoms with Crippen LogP contribution in [0.3, 0.4) is 0 Å². The van der Waals surface area contributed by atoms with Crippen LogP contribution in [-0.2, 0) is 22.3 Å². The molecule has 2 fully saturated rings. The molecule has 0 spiro atoms. The molecule has 2 aromatic rings. The van der Waals surface area contributed by atoms with Gasteiger partial charge >= 0.3 is 6.18 Å². The van der Waals surface area contributed by atoms with Crippen LogP contribution in [0, 0.1) is 5.92 Å². The molecule has 2 saturated heterocycles. The van der Waals surface area contributed by atoms with Gasteiger partial charge in [0.05, 0.1) is 22.9 Å². The predicted octanol–water partition coefficient (Wildman–Crippen LogP) is 5.66. The van der Waals surface area contributed by atoms with Gasteiger partial charge < -0.3 is 9.80 Å². The summed E-state index contributed by atoms with van der Waals surface area (Å²) in [5, 5.41) is -0.654. The van der Waals surface area contributed by atoms with Crippen LogP contribution in [0.15, 0.2) is 53.4 Å². The Kier molecular flexibility index (Phi) is 9.02. The van der Waals surface area contributed by atoms with E-state index in [1.165, 1.54) is 24.3 Å². The lowest BCUT2D eigenvalue weighted by Crippen LogP contribution is -2.46. The van der Waals surface area contributed by atoms with Crippen molar-refractivity contribution in [1.29, 1.82) is 0 Å². The van der Waals surface area contributed by atoms with E-state index in [-0.39, 0.29) is 28.2 Å². The summed E-state index contributed by atoms with van der Waals surface area (Å²) in [6.07, 6.45) is -1.64. The highest BCUT2D eigenvalue weighted by molar-refractivity contribution is 8.18. The number of hydrogen-bond donors (Lipinski definition) is 0. The Morgan fingerprint density at radius 1 is 1.05 bits per heavy atom. The van der Waals surface area contributed by atoms with Crippen molar-refractivity contribution in [3.8, 4) is 0 Å². The number of amides is 4. The number of likely N-dealkylation sites (tertiary alicyclic amines) is 1. The first kappa shape index (κ1) is 29.4. The number of imide groups is 1. The average molecular weight is 574 g/mol. The Balaban J connectivity index is 1.44. The lowest BCUT2D eigenvalue weighted by atomic mass is 9.95. The highest BCUT2D eigenvalue weighted by atomic mass is 32.2. The van der Waals surface area contributed by atoms with E-state index in [4.69, 9.17) is 0 Å². The van der Waals surface area contributed by atoms with E-state index in [9.17, 15) is 32.3 Å². The Hall–Kier alpha value is -3.60. The van der Waals surface area contributed by atoms with Crippen molar-refractivity contribution in [1.82, 2.24) is 14.7 Å². The largest absolute Gasteiger partial charge is 0.416 e. The van der Waals surface area contributed by atoms with Gasteiger partial charge in [0.15, 0.2) is 0 Å². The predicted molar refractivity (Wildman–Crippen MR) is 146 cm³/mol. The zero-order chi connectivity index (χ0) is 29.0. The maximum atomic E-state index is 13.4. The molecule has 40 heavy (non-hydrogen) atoms. The summed E-state index contributed by atoms with van der Waals surface area (Å²) >= 11 is 0.657. The molecule has 0 aromatic heterocycles. The van der Waals surface area contributed by atoms with E-state index in [2.05, 4.69) is 0 Å². The van der Waals surface area contributed by atoms with Crippen LogP contribution in [0.2, 0.25) is 0 Å². The Morgan fingerprint density at radius 3 is 2.38 bits per heavy atom. The molecule has 0 aliphatic carbocycles. The van der Waals surface area contributed by atoms with Crippen LogP contribution in [0.25, 0.3) is 6.08 Å². The number of rotatable bonds is 7. The first-order valence-electron chi connectivity index (χ1n) is 13.1. The molecule has 0 unspecified atom stereocenters. The van der Waals surface area contributed by atoms with Crippen LogP contribution >= 0.6 is 11.8 Å². The lowest BCUT2D eigenvalue weighted by Gasteiger charge is -2.34. The van der Waals surface area contributed by atoms with Gasteiger partial charge in [-0.2, -0.15) is 13.2 Å². The van der Waals surface area contributed by atoms with Crippen LogP contribution in [0.1, 0.15) is 53.7 Å². The molecule has 7 nitrogen and oxygen atoms in total. The number of carbonyl (C=O) groups excluding carboxylic acids is 4. The molecule has 0 saturated carbocycles. The van der Waals surface area contributed by atoms with Crippen molar-refractivity contribution < 1.29 is 32.3 Å². The summed E-state index contributed by atoms with van der Waals surface area (Å²) in [4.78, 5) is 55.7. The third-order valence-electron chi connectivity index (χ3n) is 7.11. The van der Waals surface area contributed by atoms with Crippen molar-refractivity contribution in [2.75, 3.05) is 26.2 Å². The van der Waals surface area contributed by atoms with Gasteiger partial charge in [0.2, 0.25) is 5.91 Å². The molecule has 0 bridgehead atoms. The van der Waals surface area contributed by atoms with E-state index in [1.807, 2.05) is 13.8 Å². The minimum absolute atomic E-state index is 0.0636. The number of nitrogens with zero attached hydrogens (tertiary/aromatic N) is 3. The second-order valence-corrected chi connectivity index (χ2v) is 10.6. The van der Waals surface area contributed by atoms with Crippen molar-refractivity contribution in [3.05, 3.63) is 75.7 Å². The molecule has 11 heteroatoms. The third-order valence-corrected chi connectivity index (χ3v) is 8.02. The third kappa shape index (κ3) is 6.41. The Bertz CT molecular complexity index is 1320. The van der Waals surface area contributed by atoms with Gasteiger partial charge in [-0.25, -0.2) is 0 Å². The molecule has 212 valence electrons. The van der Waals surface area contributed by atoms with Gasteiger partial charge in [-0.3, -0.25) is 24.1 Å². The number of piperidine rings is 1. The molecule has 1 atom stereocenters. The van der Waals surface area contributed by atoms with Crippen molar-refractivity contribution in [2.45, 2.75) is 39.4 Å². The van der Waals surface area contributed by atoms with Crippen LogP contribution in [-0.4, -0.2) is 63.8 Å². The van der Waals surface area contributed by atoms with Crippen LogP contribution < -0.4 is 0 Å². The topological polar surface area (TPSA) is 78.0 Å². The van der Waals surface area contributed by atoms with E-state index in [0.717, 1.165) is 23.8 Å². The summed E-state index contributed by atoms with van der Waals surface area (Å²) in [5.74, 6) is -1.03. The zero-order valence-electron chi connectivity index (χ0n) is 22.2. The summed E-state index contributed by atoms with van der Waals surface area (Å²) in [7, 11) is 0. The maximum absolute atomic E-state index is 13.4. The quantitative estimate of drug-likeness (QED) is 0.400. The normalized spacial score (nSPS) is 18.9. The van der Waals surface area contributed by atoms with Gasteiger partial charge in [0.25, 0.3) is 17.1 Å². The second-order valence-electron chi connectivity index (χ2n) is 9.65. The van der Waals surface area contributed by atoms with Crippen LogP contribution in [0.4, 0.5) is 18.0 Å². The number of carbonyl (C=O) groups is 4. The molecule has 2 heterocycles. The van der Waals surface area contributed by atoms with Crippen LogP contribution in [0.5, 0.6) is 0 Å². The lowest BCUT2D eigenvalue weighted by molar-refractivity contribution is -0.139. The highest BCUT2D eigenvalue weighted by Gasteiger charge is 2.38. The Morgan fingerprint density at radius 2 is 1.73 bits per heavy atom. The number of benzene rings is 2. The fourth-order valence-corrected chi connectivity index (χ4v) is 5.79. The van der Waals surface area contributed by atoms with Gasteiger partial charge in [-0.15, -0.1) is 0 Å². The van der Waals surface area contributed by atoms with E-state index >= 15 is 0 Å². The maximum Gasteiger partial charge on any atom is 0.416 e.